The van der Waals surface area contributed by atoms with Gasteiger partial charge in [-0.1, -0.05) is 6.07 Å². The van der Waals surface area contributed by atoms with E-state index >= 15 is 0 Å². The molecule has 0 aliphatic carbocycles. The van der Waals surface area contributed by atoms with Gasteiger partial charge in [0.2, 0.25) is 5.88 Å². The van der Waals surface area contributed by atoms with Crippen LogP contribution in [0.1, 0.15) is 0 Å². The first-order valence-corrected chi connectivity index (χ1v) is 6.16. The minimum absolute atomic E-state index is 0.300. The summed E-state index contributed by atoms with van der Waals surface area (Å²) in [5.41, 5.74) is 0.928. The molecular weight excluding hydrogens is 288 g/mol. The molecule has 0 unspecified atom stereocenters. The number of aromatic nitrogens is 5. The number of carbonyl (C=O) groups is 1. The molecule has 0 saturated heterocycles. The quantitative estimate of drug-likeness (QED) is 0.673. The standard InChI is InChI=1S/C13H10N6O3/c20-13(21)18-8-2-1-3-9(4-8)22-11-5-10(14-6-15-11)12-16-7-17-19-12/h1-7,18H,(H,20,21)(H,16,17,19). The molecule has 0 bridgehead atoms. The van der Waals surface area contributed by atoms with E-state index in [-0.39, 0.29) is 0 Å². The van der Waals surface area contributed by atoms with Gasteiger partial charge in [-0.2, -0.15) is 5.10 Å². The molecule has 2 heterocycles. The molecule has 3 N–H and O–H groups in total. The lowest BCUT2D eigenvalue weighted by Gasteiger charge is -2.07. The smallest absolute Gasteiger partial charge is 0.409 e. The molecule has 0 saturated carbocycles. The molecule has 3 rings (SSSR count). The minimum atomic E-state index is -1.15. The zero-order chi connectivity index (χ0) is 15.4. The van der Waals surface area contributed by atoms with Crippen molar-refractivity contribution in [3.05, 3.63) is 43.0 Å². The van der Waals surface area contributed by atoms with Crippen LogP contribution in [0.3, 0.4) is 0 Å². The van der Waals surface area contributed by atoms with Crippen LogP contribution >= 0.6 is 0 Å². The third-order valence-electron chi connectivity index (χ3n) is 2.61. The fourth-order valence-electron chi connectivity index (χ4n) is 1.74. The summed E-state index contributed by atoms with van der Waals surface area (Å²) >= 11 is 0. The van der Waals surface area contributed by atoms with Gasteiger partial charge in [-0.25, -0.2) is 19.7 Å². The molecule has 1 aromatic carbocycles. The normalized spacial score (nSPS) is 10.2. The molecule has 0 atom stereocenters. The van der Waals surface area contributed by atoms with Crippen molar-refractivity contribution in [2.75, 3.05) is 5.32 Å². The van der Waals surface area contributed by atoms with Gasteiger partial charge in [-0.3, -0.25) is 10.4 Å². The van der Waals surface area contributed by atoms with E-state index in [4.69, 9.17) is 9.84 Å². The van der Waals surface area contributed by atoms with Gasteiger partial charge in [0.1, 0.15) is 24.1 Å². The molecule has 22 heavy (non-hydrogen) atoms. The molecule has 0 fully saturated rings. The van der Waals surface area contributed by atoms with Gasteiger partial charge in [0.05, 0.1) is 0 Å². The molecule has 2 aromatic heterocycles. The fraction of sp³-hybridized carbons (Fsp3) is 0. The molecule has 0 spiro atoms. The van der Waals surface area contributed by atoms with Crippen molar-refractivity contribution in [2.45, 2.75) is 0 Å². The number of nitrogens with zero attached hydrogens (tertiary/aromatic N) is 4. The van der Waals surface area contributed by atoms with Crippen LogP contribution in [0.5, 0.6) is 11.6 Å². The Kier molecular flexibility index (Phi) is 3.60. The predicted octanol–water partition coefficient (Wildman–Crippen LogP) is 2.14. The Bertz CT molecular complexity index is 790. The Labute approximate surface area is 124 Å². The van der Waals surface area contributed by atoms with Gasteiger partial charge >= 0.3 is 6.09 Å². The highest BCUT2D eigenvalue weighted by Crippen LogP contribution is 2.24. The van der Waals surface area contributed by atoms with E-state index in [1.165, 1.54) is 12.7 Å². The summed E-state index contributed by atoms with van der Waals surface area (Å²) in [7, 11) is 0. The maximum Gasteiger partial charge on any atom is 0.409 e. The maximum atomic E-state index is 10.6. The Hall–Kier alpha value is -3.49. The van der Waals surface area contributed by atoms with E-state index in [1.54, 1.807) is 30.3 Å². The number of ether oxygens (including phenoxy) is 1. The Morgan fingerprint density at radius 2 is 2.09 bits per heavy atom. The first-order valence-electron chi connectivity index (χ1n) is 6.16. The average Bonchev–Trinajstić information content (AvgIpc) is 3.01. The Morgan fingerprint density at radius 1 is 1.18 bits per heavy atom. The molecule has 110 valence electrons. The zero-order valence-corrected chi connectivity index (χ0v) is 11.1. The number of carboxylic acid groups (broad SMARTS) is 1. The zero-order valence-electron chi connectivity index (χ0n) is 11.1. The van der Waals surface area contributed by atoms with Gasteiger partial charge in [0.15, 0.2) is 5.82 Å². The van der Waals surface area contributed by atoms with Crippen molar-refractivity contribution < 1.29 is 14.6 Å². The van der Waals surface area contributed by atoms with Crippen LogP contribution in [0.25, 0.3) is 11.5 Å². The summed E-state index contributed by atoms with van der Waals surface area (Å²) in [6.07, 6.45) is 1.57. The second-order valence-electron chi connectivity index (χ2n) is 4.14. The van der Waals surface area contributed by atoms with Gasteiger partial charge in [-0.15, -0.1) is 0 Å². The number of benzene rings is 1. The van der Waals surface area contributed by atoms with Crippen LogP contribution in [0.15, 0.2) is 43.0 Å². The van der Waals surface area contributed by atoms with Gasteiger partial charge in [0, 0.05) is 17.8 Å². The largest absolute Gasteiger partial charge is 0.465 e. The monoisotopic (exact) mass is 298 g/mol. The molecule has 0 aliphatic heterocycles. The highest BCUT2D eigenvalue weighted by atomic mass is 16.5. The molecule has 0 radical (unpaired) electrons. The Balaban J connectivity index is 1.81. The molecule has 0 aliphatic rings. The van der Waals surface area contributed by atoms with Crippen molar-refractivity contribution in [3.63, 3.8) is 0 Å². The number of amides is 1. The SMILES string of the molecule is O=C(O)Nc1cccc(Oc2cc(-c3ncn[nH]3)ncn2)c1. The average molecular weight is 298 g/mol. The first-order chi connectivity index (χ1) is 10.7. The van der Waals surface area contributed by atoms with E-state index in [0.29, 0.717) is 28.8 Å². The van der Waals surface area contributed by atoms with Crippen LogP contribution in [-0.4, -0.2) is 36.3 Å². The lowest BCUT2D eigenvalue weighted by molar-refractivity contribution is 0.210. The highest BCUT2D eigenvalue weighted by molar-refractivity contribution is 5.83. The molecule has 3 aromatic rings. The lowest BCUT2D eigenvalue weighted by atomic mass is 10.3. The summed E-state index contributed by atoms with van der Waals surface area (Å²) in [4.78, 5) is 22.7. The van der Waals surface area contributed by atoms with Crippen molar-refractivity contribution >= 4 is 11.8 Å². The van der Waals surface area contributed by atoms with Gasteiger partial charge in [0.25, 0.3) is 0 Å². The van der Waals surface area contributed by atoms with E-state index in [0.717, 1.165) is 0 Å². The second-order valence-corrected chi connectivity index (χ2v) is 4.14. The maximum absolute atomic E-state index is 10.6. The topological polar surface area (TPSA) is 126 Å². The number of hydrogen-bond donors (Lipinski definition) is 3. The van der Waals surface area contributed by atoms with Crippen molar-refractivity contribution in [1.29, 1.82) is 0 Å². The van der Waals surface area contributed by atoms with Crippen LogP contribution in [-0.2, 0) is 0 Å². The highest BCUT2D eigenvalue weighted by Gasteiger charge is 2.07. The van der Waals surface area contributed by atoms with E-state index in [1.807, 2.05) is 0 Å². The van der Waals surface area contributed by atoms with Gasteiger partial charge < -0.3 is 9.84 Å². The van der Waals surface area contributed by atoms with E-state index in [2.05, 4.69) is 30.5 Å². The van der Waals surface area contributed by atoms with Crippen molar-refractivity contribution in [1.82, 2.24) is 25.1 Å². The van der Waals surface area contributed by atoms with Gasteiger partial charge in [-0.05, 0) is 12.1 Å². The van der Waals surface area contributed by atoms with Crippen LogP contribution in [0, 0.1) is 0 Å². The molecule has 9 nitrogen and oxygen atoms in total. The number of aromatic amines is 1. The number of H-pyrrole nitrogens is 1. The van der Waals surface area contributed by atoms with E-state index < -0.39 is 6.09 Å². The molecule has 9 heteroatoms. The van der Waals surface area contributed by atoms with Crippen LogP contribution in [0.2, 0.25) is 0 Å². The van der Waals surface area contributed by atoms with E-state index in [9.17, 15) is 4.79 Å². The fourth-order valence-corrected chi connectivity index (χ4v) is 1.74. The lowest BCUT2D eigenvalue weighted by Crippen LogP contribution is -2.06. The minimum Gasteiger partial charge on any atom is -0.465 e. The Morgan fingerprint density at radius 3 is 2.86 bits per heavy atom. The molecular formula is C13H10N6O3. The third-order valence-corrected chi connectivity index (χ3v) is 2.61. The van der Waals surface area contributed by atoms with Crippen LogP contribution in [0.4, 0.5) is 10.5 Å². The predicted molar refractivity (Wildman–Crippen MR) is 75.6 cm³/mol. The first kappa shape index (κ1) is 13.5. The summed E-state index contributed by atoms with van der Waals surface area (Å²) in [6.45, 7) is 0. The summed E-state index contributed by atoms with van der Waals surface area (Å²) in [5.74, 6) is 1.23. The van der Waals surface area contributed by atoms with Crippen molar-refractivity contribution in [3.8, 4) is 23.1 Å². The summed E-state index contributed by atoms with van der Waals surface area (Å²) in [5, 5.41) is 17.4. The summed E-state index contributed by atoms with van der Waals surface area (Å²) in [6, 6.07) is 8.10. The number of anilines is 1. The number of hydrogen-bond acceptors (Lipinski definition) is 6. The number of rotatable bonds is 4. The summed E-state index contributed by atoms with van der Waals surface area (Å²) < 4.78 is 5.59. The third kappa shape index (κ3) is 3.15. The molecule has 1 amide bonds. The number of nitrogens with one attached hydrogen (secondary N) is 2. The van der Waals surface area contributed by atoms with Crippen molar-refractivity contribution in [2.24, 2.45) is 0 Å². The van der Waals surface area contributed by atoms with Crippen LogP contribution < -0.4 is 10.1 Å². The second kappa shape index (κ2) is 5.87.